The number of aromatic carboxylic acids is 1. The van der Waals surface area contributed by atoms with E-state index in [4.69, 9.17) is 9.84 Å². The zero-order valence-corrected chi connectivity index (χ0v) is 10.4. The van der Waals surface area contributed by atoms with Crippen LogP contribution in [-0.4, -0.2) is 30.5 Å². The zero-order chi connectivity index (χ0) is 12.7. The van der Waals surface area contributed by atoms with Crippen LogP contribution in [0.5, 0.6) is 0 Å². The molecule has 0 aliphatic heterocycles. The molecular weight excluding hydrogens is 243 g/mol. The van der Waals surface area contributed by atoms with Gasteiger partial charge in [0, 0.05) is 19.5 Å². The molecule has 0 atom stereocenters. The molecule has 17 heavy (non-hydrogen) atoms. The van der Waals surface area contributed by atoms with E-state index >= 15 is 0 Å². The molecule has 1 aromatic rings. The molecule has 0 aromatic heterocycles. The summed E-state index contributed by atoms with van der Waals surface area (Å²) >= 11 is 1.62. The van der Waals surface area contributed by atoms with Crippen LogP contribution in [0.3, 0.4) is 0 Å². The minimum atomic E-state index is -1.09. The first kappa shape index (κ1) is 14.0. The van der Waals surface area contributed by atoms with E-state index in [0.29, 0.717) is 17.9 Å². The Morgan fingerprint density at radius 2 is 2.29 bits per heavy atom. The van der Waals surface area contributed by atoms with Crippen LogP contribution in [0.25, 0.3) is 0 Å². The van der Waals surface area contributed by atoms with Crippen LogP contribution in [0.2, 0.25) is 0 Å². The molecule has 1 aromatic carbocycles. The van der Waals surface area contributed by atoms with Crippen molar-refractivity contribution in [1.29, 1.82) is 0 Å². The van der Waals surface area contributed by atoms with Crippen LogP contribution >= 0.6 is 11.8 Å². The lowest BCUT2D eigenvalue weighted by molar-refractivity contribution is 0.0695. The standard InChI is InChI=1S/C12H15FO3S/c1-16-5-2-6-17-8-9-3-4-10(13)7-11(9)12(14)15/h3-4,7H,2,5-6,8H2,1H3,(H,14,15). The van der Waals surface area contributed by atoms with E-state index in [1.807, 2.05) is 0 Å². The molecule has 0 fully saturated rings. The van der Waals surface area contributed by atoms with E-state index < -0.39 is 11.8 Å². The first-order valence-electron chi connectivity index (χ1n) is 5.23. The van der Waals surface area contributed by atoms with Gasteiger partial charge in [0.05, 0.1) is 5.56 Å². The number of hydrogen-bond acceptors (Lipinski definition) is 3. The maximum atomic E-state index is 12.9. The minimum Gasteiger partial charge on any atom is -0.478 e. The summed E-state index contributed by atoms with van der Waals surface area (Å²) in [6, 6.07) is 3.88. The maximum Gasteiger partial charge on any atom is 0.336 e. The molecule has 0 heterocycles. The van der Waals surface area contributed by atoms with Crippen LogP contribution in [0.4, 0.5) is 4.39 Å². The number of hydrogen-bond donors (Lipinski definition) is 1. The predicted molar refractivity (Wildman–Crippen MR) is 66.0 cm³/mol. The second-order valence-electron chi connectivity index (χ2n) is 3.51. The van der Waals surface area contributed by atoms with Gasteiger partial charge in [-0.3, -0.25) is 0 Å². The highest BCUT2D eigenvalue weighted by Gasteiger charge is 2.10. The molecule has 3 nitrogen and oxygen atoms in total. The van der Waals surface area contributed by atoms with Gasteiger partial charge < -0.3 is 9.84 Å². The fraction of sp³-hybridized carbons (Fsp3) is 0.417. The number of carbonyl (C=O) groups is 1. The fourth-order valence-electron chi connectivity index (χ4n) is 1.36. The quantitative estimate of drug-likeness (QED) is 0.764. The molecule has 0 amide bonds. The number of thioether (sulfide) groups is 1. The third-order valence-corrected chi connectivity index (χ3v) is 3.29. The summed E-state index contributed by atoms with van der Waals surface area (Å²) in [6.07, 6.45) is 0.921. The first-order chi connectivity index (χ1) is 8.15. The van der Waals surface area contributed by atoms with Gasteiger partial charge in [-0.2, -0.15) is 11.8 Å². The molecule has 0 aliphatic rings. The van der Waals surface area contributed by atoms with Crippen molar-refractivity contribution in [2.75, 3.05) is 19.5 Å². The van der Waals surface area contributed by atoms with Crippen molar-refractivity contribution in [2.24, 2.45) is 0 Å². The smallest absolute Gasteiger partial charge is 0.336 e. The molecule has 1 rings (SSSR count). The third kappa shape index (κ3) is 4.75. The summed E-state index contributed by atoms with van der Waals surface area (Å²) < 4.78 is 17.8. The molecule has 0 aliphatic carbocycles. The van der Waals surface area contributed by atoms with Crippen molar-refractivity contribution >= 4 is 17.7 Å². The van der Waals surface area contributed by atoms with Gasteiger partial charge in [-0.1, -0.05) is 6.07 Å². The molecule has 0 bridgehead atoms. The highest BCUT2D eigenvalue weighted by atomic mass is 32.2. The van der Waals surface area contributed by atoms with Crippen molar-refractivity contribution < 1.29 is 19.0 Å². The van der Waals surface area contributed by atoms with Gasteiger partial charge in [0.2, 0.25) is 0 Å². The lowest BCUT2D eigenvalue weighted by atomic mass is 10.1. The van der Waals surface area contributed by atoms with Crippen molar-refractivity contribution in [2.45, 2.75) is 12.2 Å². The van der Waals surface area contributed by atoms with Gasteiger partial charge >= 0.3 is 5.97 Å². The number of methoxy groups -OCH3 is 1. The summed E-state index contributed by atoms with van der Waals surface area (Å²) in [4.78, 5) is 10.9. The van der Waals surface area contributed by atoms with Crippen molar-refractivity contribution in [1.82, 2.24) is 0 Å². The summed E-state index contributed by atoms with van der Waals surface area (Å²) in [5.41, 5.74) is 0.700. The van der Waals surface area contributed by atoms with E-state index in [0.717, 1.165) is 18.2 Å². The Labute approximate surface area is 104 Å². The van der Waals surface area contributed by atoms with Gasteiger partial charge in [0.1, 0.15) is 5.82 Å². The topological polar surface area (TPSA) is 46.5 Å². The summed E-state index contributed by atoms with van der Waals surface area (Å²) in [6.45, 7) is 0.697. The number of halogens is 1. The van der Waals surface area contributed by atoms with E-state index in [-0.39, 0.29) is 5.56 Å². The number of carboxylic acids is 1. The SMILES string of the molecule is COCCCSCc1ccc(F)cc1C(=O)O. The fourth-order valence-corrected chi connectivity index (χ4v) is 2.30. The molecule has 0 unspecified atom stereocenters. The van der Waals surface area contributed by atoms with Gasteiger partial charge in [-0.25, -0.2) is 9.18 Å². The number of ether oxygens (including phenoxy) is 1. The molecule has 0 saturated heterocycles. The Hall–Kier alpha value is -1.07. The highest BCUT2D eigenvalue weighted by molar-refractivity contribution is 7.98. The lowest BCUT2D eigenvalue weighted by Gasteiger charge is -2.06. The second-order valence-corrected chi connectivity index (χ2v) is 4.61. The largest absolute Gasteiger partial charge is 0.478 e. The Bertz CT molecular complexity index is 382. The van der Waals surface area contributed by atoms with E-state index in [2.05, 4.69) is 0 Å². The minimum absolute atomic E-state index is 0.0456. The average molecular weight is 258 g/mol. The molecule has 0 spiro atoms. The Kier molecular flexibility index (Phi) is 6.00. The number of benzene rings is 1. The molecule has 0 saturated carbocycles. The van der Waals surface area contributed by atoms with Gasteiger partial charge in [-0.05, 0) is 29.9 Å². The second kappa shape index (κ2) is 7.29. The van der Waals surface area contributed by atoms with Crippen LogP contribution in [0.15, 0.2) is 18.2 Å². The molecule has 94 valence electrons. The summed E-state index contributed by atoms with van der Waals surface area (Å²) in [5, 5.41) is 8.93. The zero-order valence-electron chi connectivity index (χ0n) is 9.61. The average Bonchev–Trinajstić information content (AvgIpc) is 2.30. The summed E-state index contributed by atoms with van der Waals surface area (Å²) in [5.74, 6) is -0.136. The normalized spacial score (nSPS) is 10.5. The van der Waals surface area contributed by atoms with Crippen molar-refractivity contribution in [3.63, 3.8) is 0 Å². The first-order valence-corrected chi connectivity index (χ1v) is 6.39. The molecule has 5 heteroatoms. The molecule has 1 N–H and O–H groups in total. The Morgan fingerprint density at radius 1 is 1.53 bits per heavy atom. The maximum absolute atomic E-state index is 12.9. The third-order valence-electron chi connectivity index (χ3n) is 2.20. The van der Waals surface area contributed by atoms with Crippen LogP contribution in [0, 0.1) is 5.82 Å². The van der Waals surface area contributed by atoms with E-state index in [1.54, 1.807) is 18.9 Å². The van der Waals surface area contributed by atoms with Crippen LogP contribution in [0.1, 0.15) is 22.3 Å². The number of rotatable bonds is 7. The molecular formula is C12H15FO3S. The lowest BCUT2D eigenvalue weighted by Crippen LogP contribution is -2.02. The van der Waals surface area contributed by atoms with Crippen molar-refractivity contribution in [3.05, 3.63) is 35.1 Å². The number of carboxylic acid groups (broad SMARTS) is 1. The monoisotopic (exact) mass is 258 g/mol. The van der Waals surface area contributed by atoms with Gasteiger partial charge in [0.25, 0.3) is 0 Å². The van der Waals surface area contributed by atoms with Crippen molar-refractivity contribution in [3.8, 4) is 0 Å². The van der Waals surface area contributed by atoms with Gasteiger partial charge in [-0.15, -0.1) is 0 Å². The Balaban J connectivity index is 2.55. The predicted octanol–water partition coefficient (Wildman–Crippen LogP) is 2.79. The van der Waals surface area contributed by atoms with Crippen LogP contribution < -0.4 is 0 Å². The summed E-state index contributed by atoms with van der Waals surface area (Å²) in [7, 11) is 1.65. The highest BCUT2D eigenvalue weighted by Crippen LogP contribution is 2.18. The van der Waals surface area contributed by atoms with Gasteiger partial charge in [0.15, 0.2) is 0 Å². The van der Waals surface area contributed by atoms with Crippen LogP contribution in [-0.2, 0) is 10.5 Å². The van der Waals surface area contributed by atoms with E-state index in [9.17, 15) is 9.18 Å². The van der Waals surface area contributed by atoms with E-state index in [1.165, 1.54) is 12.1 Å². The molecule has 0 radical (unpaired) electrons. The Morgan fingerprint density at radius 3 is 2.94 bits per heavy atom.